The summed E-state index contributed by atoms with van der Waals surface area (Å²) in [6, 6.07) is 0.212. The second kappa shape index (κ2) is 4.92. The van der Waals surface area contributed by atoms with Crippen molar-refractivity contribution in [2.45, 2.75) is 44.4 Å². The van der Waals surface area contributed by atoms with Crippen LogP contribution in [0.2, 0.25) is 0 Å². The molecule has 5 nitrogen and oxygen atoms in total. The quantitative estimate of drug-likeness (QED) is 0.661. The Kier molecular flexibility index (Phi) is 3.70. The molecule has 1 aliphatic heterocycles. The molecule has 2 fully saturated rings. The molecule has 0 radical (unpaired) electrons. The van der Waals surface area contributed by atoms with Gasteiger partial charge in [-0.25, -0.2) is 0 Å². The maximum absolute atomic E-state index is 11.8. The Balaban J connectivity index is 2.00. The molecule has 2 rings (SSSR count). The molecule has 17 heavy (non-hydrogen) atoms. The van der Waals surface area contributed by atoms with Gasteiger partial charge in [0.2, 0.25) is 5.91 Å². The van der Waals surface area contributed by atoms with E-state index >= 15 is 0 Å². The molecule has 2 aliphatic rings. The van der Waals surface area contributed by atoms with Gasteiger partial charge in [-0.05, 0) is 32.6 Å². The van der Waals surface area contributed by atoms with Crippen molar-refractivity contribution in [2.75, 3.05) is 19.8 Å². The lowest BCUT2D eigenvalue weighted by Crippen LogP contribution is -2.63. The summed E-state index contributed by atoms with van der Waals surface area (Å²) in [5.41, 5.74) is 4.90. The Morgan fingerprint density at radius 2 is 2.18 bits per heavy atom. The number of nitrogens with two attached hydrogens (primary N) is 1. The van der Waals surface area contributed by atoms with Crippen molar-refractivity contribution in [3.05, 3.63) is 0 Å². The highest BCUT2D eigenvalue weighted by Crippen LogP contribution is 2.40. The highest BCUT2D eigenvalue weighted by Gasteiger charge is 2.50. The highest BCUT2D eigenvalue weighted by atomic mass is 16.6. The summed E-state index contributed by atoms with van der Waals surface area (Å²) in [6.45, 7) is 5.65. The van der Waals surface area contributed by atoms with Crippen LogP contribution >= 0.6 is 0 Å². The van der Waals surface area contributed by atoms with Crippen LogP contribution in [0, 0.1) is 5.92 Å². The van der Waals surface area contributed by atoms with Crippen LogP contribution in [-0.4, -0.2) is 43.4 Å². The fourth-order valence-electron chi connectivity index (χ4n) is 2.27. The molecule has 98 valence electrons. The molecule has 1 aliphatic carbocycles. The van der Waals surface area contributed by atoms with Crippen LogP contribution in [0.25, 0.3) is 0 Å². The molecule has 0 aromatic heterocycles. The largest absolute Gasteiger partial charge is 0.376 e. The van der Waals surface area contributed by atoms with Gasteiger partial charge >= 0.3 is 0 Å². The van der Waals surface area contributed by atoms with Gasteiger partial charge in [-0.2, -0.15) is 0 Å². The molecule has 3 N–H and O–H groups in total. The fourth-order valence-corrected chi connectivity index (χ4v) is 2.27. The van der Waals surface area contributed by atoms with Gasteiger partial charge in [0.15, 0.2) is 0 Å². The number of ether oxygens (including phenoxy) is 2. The Labute approximate surface area is 102 Å². The average molecular weight is 242 g/mol. The number of carbonyl (C=O) groups is 1. The third kappa shape index (κ3) is 2.78. The van der Waals surface area contributed by atoms with Crippen LogP contribution in [0.5, 0.6) is 0 Å². The maximum Gasteiger partial charge on any atom is 0.240 e. The van der Waals surface area contributed by atoms with Crippen molar-refractivity contribution in [1.82, 2.24) is 5.32 Å². The molecule has 0 bridgehead atoms. The zero-order valence-electron chi connectivity index (χ0n) is 10.6. The normalized spacial score (nSPS) is 24.4. The summed E-state index contributed by atoms with van der Waals surface area (Å²) in [4.78, 5) is 11.8. The van der Waals surface area contributed by atoms with Gasteiger partial charge in [0.1, 0.15) is 11.6 Å². The van der Waals surface area contributed by atoms with E-state index in [4.69, 9.17) is 15.2 Å². The van der Waals surface area contributed by atoms with Gasteiger partial charge in [-0.1, -0.05) is 0 Å². The monoisotopic (exact) mass is 242 g/mol. The van der Waals surface area contributed by atoms with E-state index in [2.05, 4.69) is 5.32 Å². The Hall–Kier alpha value is -0.650. The predicted molar refractivity (Wildman–Crippen MR) is 63.5 cm³/mol. The van der Waals surface area contributed by atoms with Gasteiger partial charge in [0.25, 0.3) is 0 Å². The molecule has 1 saturated heterocycles. The van der Waals surface area contributed by atoms with Crippen molar-refractivity contribution in [2.24, 2.45) is 11.7 Å². The number of primary amides is 1. The molecular weight excluding hydrogens is 220 g/mol. The van der Waals surface area contributed by atoms with E-state index in [1.807, 2.05) is 13.8 Å². The summed E-state index contributed by atoms with van der Waals surface area (Å²) in [5.74, 6) is 0.0253. The van der Waals surface area contributed by atoms with Crippen LogP contribution in [0.15, 0.2) is 0 Å². The first kappa shape index (κ1) is 12.8. The lowest BCUT2D eigenvalue weighted by Gasteiger charge is -2.36. The second-order valence-corrected chi connectivity index (χ2v) is 5.38. The molecule has 5 heteroatoms. The van der Waals surface area contributed by atoms with Gasteiger partial charge < -0.3 is 15.2 Å². The molecule has 0 aromatic rings. The number of amides is 1. The summed E-state index contributed by atoms with van der Waals surface area (Å²) in [6.07, 6.45) is 2.22. The zero-order chi connectivity index (χ0) is 12.5. The third-order valence-electron chi connectivity index (χ3n) is 3.41. The molecule has 1 atom stereocenters. The van der Waals surface area contributed by atoms with E-state index in [9.17, 15) is 4.79 Å². The zero-order valence-corrected chi connectivity index (χ0v) is 10.6. The third-order valence-corrected chi connectivity index (χ3v) is 3.41. The SMILES string of the molecule is CC(C)NC(COC1COC1)(C(N)=O)C1CC1. The first-order chi connectivity index (χ1) is 8.04. The molecule has 0 aromatic carbocycles. The van der Waals surface area contributed by atoms with Crippen LogP contribution in [0.4, 0.5) is 0 Å². The van der Waals surface area contributed by atoms with Crippen molar-refractivity contribution >= 4 is 5.91 Å². The fraction of sp³-hybridized carbons (Fsp3) is 0.917. The standard InChI is InChI=1S/C12H22N2O3/c1-8(2)14-12(11(13)15,9-3-4-9)7-17-10-5-16-6-10/h8-10,14H,3-7H2,1-2H3,(H2,13,15). The summed E-state index contributed by atoms with van der Waals surface area (Å²) in [5, 5.41) is 3.32. The molecule has 1 unspecified atom stereocenters. The van der Waals surface area contributed by atoms with E-state index in [-0.39, 0.29) is 18.1 Å². The Morgan fingerprint density at radius 3 is 2.53 bits per heavy atom. The number of carbonyl (C=O) groups excluding carboxylic acids is 1. The van der Waals surface area contributed by atoms with E-state index in [0.29, 0.717) is 25.7 Å². The first-order valence-corrected chi connectivity index (χ1v) is 6.31. The van der Waals surface area contributed by atoms with Gasteiger partial charge in [-0.3, -0.25) is 10.1 Å². The summed E-state index contributed by atoms with van der Waals surface area (Å²) < 4.78 is 10.8. The van der Waals surface area contributed by atoms with E-state index < -0.39 is 5.54 Å². The Morgan fingerprint density at radius 1 is 1.53 bits per heavy atom. The predicted octanol–water partition coefficient (Wildman–Crippen LogP) is 0.0339. The molecule has 0 spiro atoms. The minimum atomic E-state index is -0.691. The molecule has 1 saturated carbocycles. The van der Waals surface area contributed by atoms with E-state index in [1.54, 1.807) is 0 Å². The van der Waals surface area contributed by atoms with E-state index in [0.717, 1.165) is 12.8 Å². The van der Waals surface area contributed by atoms with Crippen molar-refractivity contribution in [3.63, 3.8) is 0 Å². The van der Waals surface area contributed by atoms with Gasteiger partial charge in [0.05, 0.1) is 19.8 Å². The van der Waals surface area contributed by atoms with Gasteiger partial charge in [-0.15, -0.1) is 0 Å². The number of rotatable bonds is 7. The topological polar surface area (TPSA) is 73.6 Å². The molecule has 1 heterocycles. The first-order valence-electron chi connectivity index (χ1n) is 6.31. The Bertz CT molecular complexity index is 287. The number of hydrogen-bond acceptors (Lipinski definition) is 4. The van der Waals surface area contributed by atoms with Gasteiger partial charge in [0, 0.05) is 6.04 Å². The summed E-state index contributed by atoms with van der Waals surface area (Å²) >= 11 is 0. The van der Waals surface area contributed by atoms with Crippen LogP contribution < -0.4 is 11.1 Å². The number of hydrogen-bond donors (Lipinski definition) is 2. The van der Waals surface area contributed by atoms with Crippen molar-refractivity contribution in [1.29, 1.82) is 0 Å². The lowest BCUT2D eigenvalue weighted by molar-refractivity contribution is -0.152. The van der Waals surface area contributed by atoms with Crippen LogP contribution in [0.1, 0.15) is 26.7 Å². The number of nitrogens with one attached hydrogen (secondary N) is 1. The second-order valence-electron chi connectivity index (χ2n) is 5.38. The van der Waals surface area contributed by atoms with Crippen molar-refractivity contribution < 1.29 is 14.3 Å². The maximum atomic E-state index is 11.8. The summed E-state index contributed by atoms with van der Waals surface area (Å²) in [7, 11) is 0. The van der Waals surface area contributed by atoms with E-state index in [1.165, 1.54) is 0 Å². The minimum absolute atomic E-state index is 0.126. The van der Waals surface area contributed by atoms with Crippen LogP contribution in [-0.2, 0) is 14.3 Å². The molecule has 1 amide bonds. The smallest absolute Gasteiger partial charge is 0.240 e. The molecular formula is C12H22N2O3. The minimum Gasteiger partial charge on any atom is -0.376 e. The van der Waals surface area contributed by atoms with Crippen molar-refractivity contribution in [3.8, 4) is 0 Å². The highest BCUT2D eigenvalue weighted by molar-refractivity contribution is 5.85. The lowest BCUT2D eigenvalue weighted by atomic mass is 9.92. The average Bonchev–Trinajstić information content (AvgIpc) is 2.95. The van der Waals surface area contributed by atoms with Crippen LogP contribution in [0.3, 0.4) is 0 Å².